The number of nitrogens with zero attached hydrogens (tertiary/aromatic N) is 1. The zero-order chi connectivity index (χ0) is 33.8. The average molecular weight is 661 g/mol. The molecule has 1 saturated carbocycles. The highest BCUT2D eigenvalue weighted by Crippen LogP contribution is 2.34. The Kier molecular flexibility index (Phi) is 9.97. The Bertz CT molecular complexity index is 1900. The molecule has 2 heterocycles. The minimum Gasteiger partial charge on any atom is -0.467 e. The van der Waals surface area contributed by atoms with E-state index in [9.17, 15) is 9.59 Å². The monoisotopic (exact) mass is 660 g/mol. The van der Waals surface area contributed by atoms with Crippen LogP contribution in [0.2, 0.25) is 0 Å². The van der Waals surface area contributed by atoms with Crippen LogP contribution in [0.15, 0.2) is 84.9 Å². The van der Waals surface area contributed by atoms with Crippen molar-refractivity contribution in [2.24, 2.45) is 5.92 Å². The fourth-order valence-electron chi connectivity index (χ4n) is 6.41. The van der Waals surface area contributed by atoms with E-state index in [2.05, 4.69) is 75.5 Å². The van der Waals surface area contributed by atoms with Crippen molar-refractivity contribution in [3.05, 3.63) is 112 Å². The third-order valence-corrected chi connectivity index (χ3v) is 10.4. The Hall–Kier alpha value is -4.49. The number of thiophene rings is 1. The lowest BCUT2D eigenvalue weighted by Crippen LogP contribution is -2.43. The van der Waals surface area contributed by atoms with Crippen LogP contribution in [0.3, 0.4) is 0 Å². The second kappa shape index (κ2) is 14.3. The van der Waals surface area contributed by atoms with E-state index < -0.39 is 17.9 Å². The van der Waals surface area contributed by atoms with Crippen LogP contribution in [0.4, 0.5) is 0 Å². The molecule has 1 aliphatic carbocycles. The normalized spacial score (nSPS) is 14.2. The number of rotatable bonds is 10. The van der Waals surface area contributed by atoms with Gasteiger partial charge in [0.2, 0.25) is 0 Å². The number of fused-ring (bicyclic) bond motifs is 1. The fraction of sp³-hybridized carbons (Fsp3) is 0.341. The van der Waals surface area contributed by atoms with E-state index in [1.807, 2.05) is 36.4 Å². The van der Waals surface area contributed by atoms with Gasteiger partial charge in [-0.25, -0.2) is 9.78 Å². The molecule has 6 nitrogen and oxygen atoms in total. The Morgan fingerprint density at radius 3 is 2.31 bits per heavy atom. The largest absolute Gasteiger partial charge is 0.467 e. The Labute approximate surface area is 287 Å². The zero-order valence-electron chi connectivity index (χ0n) is 28.5. The number of ether oxygens (including phenoxy) is 2. The maximum Gasteiger partial charge on any atom is 0.328 e. The molecular formula is C41H44N2O4S. The minimum atomic E-state index is -0.844. The van der Waals surface area contributed by atoms with E-state index in [0.717, 1.165) is 62.5 Å². The minimum absolute atomic E-state index is 0.0678. The van der Waals surface area contributed by atoms with Crippen molar-refractivity contribution in [3.8, 4) is 21.9 Å². The molecule has 5 aromatic rings. The number of aromatic nitrogens is 1. The van der Waals surface area contributed by atoms with Crippen LogP contribution in [0, 0.1) is 12.8 Å². The Morgan fingerprint density at radius 1 is 0.917 bits per heavy atom. The van der Waals surface area contributed by atoms with Gasteiger partial charge in [-0.05, 0) is 83.7 Å². The van der Waals surface area contributed by atoms with E-state index in [-0.39, 0.29) is 5.41 Å². The number of carbonyl (C=O) groups excluding carboxylic acids is 2. The molecule has 2 aromatic heterocycles. The lowest BCUT2D eigenvalue weighted by molar-refractivity contribution is -0.142. The fourth-order valence-corrected chi connectivity index (χ4v) is 7.47. The highest BCUT2D eigenvalue weighted by molar-refractivity contribution is 7.15. The number of esters is 1. The summed E-state index contributed by atoms with van der Waals surface area (Å²) in [6.07, 6.45) is 5.87. The maximum atomic E-state index is 13.8. The highest BCUT2D eigenvalue weighted by atomic mass is 32.1. The molecule has 0 radical (unpaired) electrons. The van der Waals surface area contributed by atoms with Crippen LogP contribution >= 0.6 is 11.3 Å². The predicted octanol–water partition coefficient (Wildman–Crippen LogP) is 9.61. The molecule has 0 bridgehead atoms. The van der Waals surface area contributed by atoms with Crippen molar-refractivity contribution in [3.63, 3.8) is 0 Å². The molecule has 1 fully saturated rings. The summed E-state index contributed by atoms with van der Waals surface area (Å²) < 4.78 is 11.4. The molecule has 0 saturated heterocycles. The molecule has 1 aliphatic rings. The Balaban J connectivity index is 1.25. The van der Waals surface area contributed by atoms with E-state index in [1.54, 1.807) is 17.4 Å². The van der Waals surface area contributed by atoms with E-state index >= 15 is 0 Å². The van der Waals surface area contributed by atoms with Crippen molar-refractivity contribution in [2.75, 3.05) is 7.11 Å². The first-order chi connectivity index (χ1) is 23.1. The van der Waals surface area contributed by atoms with Crippen molar-refractivity contribution in [1.29, 1.82) is 0 Å². The molecule has 1 amide bonds. The summed E-state index contributed by atoms with van der Waals surface area (Å²) in [6.45, 7) is 8.65. The first kappa shape index (κ1) is 33.4. The SMILES string of the molecule is COC(=O)C(Cc1ccc(-c2ccc(C)cc2)s1)NC(=O)c1cc2ccc(Oc3ccc(C(C)(C)C)cc3)cc2c(CC2CCCC2)n1. The summed E-state index contributed by atoms with van der Waals surface area (Å²) >= 11 is 1.61. The highest BCUT2D eigenvalue weighted by Gasteiger charge is 2.26. The van der Waals surface area contributed by atoms with Gasteiger partial charge in [-0.2, -0.15) is 0 Å². The van der Waals surface area contributed by atoms with E-state index in [1.165, 1.54) is 31.1 Å². The van der Waals surface area contributed by atoms with E-state index in [4.69, 9.17) is 14.5 Å². The van der Waals surface area contributed by atoms with Crippen molar-refractivity contribution >= 4 is 34.0 Å². The molecule has 6 rings (SSSR count). The zero-order valence-corrected chi connectivity index (χ0v) is 29.3. The summed E-state index contributed by atoms with van der Waals surface area (Å²) in [5.41, 5.74) is 4.82. The predicted molar refractivity (Wildman–Crippen MR) is 194 cm³/mol. The summed E-state index contributed by atoms with van der Waals surface area (Å²) in [6, 6.07) is 27.6. The van der Waals surface area contributed by atoms with Crippen molar-refractivity contribution in [1.82, 2.24) is 10.3 Å². The molecule has 3 aromatic carbocycles. The van der Waals surface area contributed by atoms with Gasteiger partial charge in [-0.3, -0.25) is 4.79 Å². The number of carbonyl (C=O) groups is 2. The molecule has 48 heavy (non-hydrogen) atoms. The van der Waals surface area contributed by atoms with Gasteiger partial charge in [0.1, 0.15) is 23.2 Å². The number of benzene rings is 3. The molecular weight excluding hydrogens is 617 g/mol. The van der Waals surface area contributed by atoms with Crippen molar-refractivity contribution < 1.29 is 19.1 Å². The van der Waals surface area contributed by atoms with Gasteiger partial charge in [0.15, 0.2) is 0 Å². The summed E-state index contributed by atoms with van der Waals surface area (Å²) in [5.74, 6) is 1.14. The molecule has 0 aliphatic heterocycles. The second-order valence-electron chi connectivity index (χ2n) is 14.0. The number of pyridine rings is 1. The van der Waals surface area contributed by atoms with Gasteiger partial charge in [-0.1, -0.05) is 94.5 Å². The number of hydrogen-bond acceptors (Lipinski definition) is 6. The lowest BCUT2D eigenvalue weighted by atomic mass is 9.87. The van der Waals surface area contributed by atoms with Crippen LogP contribution in [0.25, 0.3) is 21.2 Å². The summed E-state index contributed by atoms with van der Waals surface area (Å²) in [4.78, 5) is 33.7. The van der Waals surface area contributed by atoms with Gasteiger partial charge in [0.05, 0.1) is 7.11 Å². The van der Waals surface area contributed by atoms with Gasteiger partial charge in [0, 0.05) is 27.3 Å². The number of methoxy groups -OCH3 is 1. The van der Waals surface area contributed by atoms with Gasteiger partial charge in [-0.15, -0.1) is 11.3 Å². The first-order valence-electron chi connectivity index (χ1n) is 16.8. The lowest BCUT2D eigenvalue weighted by Gasteiger charge is -2.19. The number of aryl methyl sites for hydroxylation is 1. The standard InChI is InChI=1S/C41H44N2O4S/c1-26-10-12-28(13-11-26)38-21-20-33(48-38)25-37(40(45)46-5)43-39(44)36-23-29-14-17-32(47-31-18-15-30(16-19-31)41(2,3)4)24-34(29)35(42-36)22-27-8-6-7-9-27/h10-21,23-24,27,37H,6-9,22,25H2,1-5H3,(H,43,44). The molecule has 7 heteroatoms. The quantitative estimate of drug-likeness (QED) is 0.151. The van der Waals surface area contributed by atoms with E-state index in [0.29, 0.717) is 18.0 Å². The average Bonchev–Trinajstić information content (AvgIpc) is 3.77. The van der Waals surface area contributed by atoms with Crippen LogP contribution in [-0.4, -0.2) is 30.0 Å². The van der Waals surface area contributed by atoms with Gasteiger partial charge in [0.25, 0.3) is 5.91 Å². The van der Waals surface area contributed by atoms with Crippen LogP contribution < -0.4 is 10.1 Å². The number of amides is 1. The second-order valence-corrected chi connectivity index (χ2v) is 15.1. The topological polar surface area (TPSA) is 77.5 Å². The Morgan fingerprint density at radius 2 is 1.62 bits per heavy atom. The third kappa shape index (κ3) is 7.96. The van der Waals surface area contributed by atoms with Crippen LogP contribution in [-0.2, 0) is 27.8 Å². The summed E-state index contributed by atoms with van der Waals surface area (Å²) in [7, 11) is 1.35. The van der Waals surface area contributed by atoms with Gasteiger partial charge < -0.3 is 14.8 Å². The smallest absolute Gasteiger partial charge is 0.328 e. The molecule has 0 spiro atoms. The number of hydrogen-bond donors (Lipinski definition) is 1. The molecule has 248 valence electrons. The summed E-state index contributed by atoms with van der Waals surface area (Å²) in [5, 5.41) is 4.83. The van der Waals surface area contributed by atoms with Crippen molar-refractivity contribution in [2.45, 2.75) is 77.7 Å². The first-order valence-corrected chi connectivity index (χ1v) is 17.6. The molecule has 1 atom stereocenters. The van der Waals surface area contributed by atoms with Crippen LogP contribution in [0.5, 0.6) is 11.5 Å². The molecule has 1 N–H and O–H groups in total. The number of nitrogens with one attached hydrogen (secondary N) is 1. The molecule has 1 unspecified atom stereocenters. The third-order valence-electron chi connectivity index (χ3n) is 9.22. The van der Waals surface area contributed by atoms with Crippen LogP contribution in [0.1, 0.15) is 78.6 Å². The maximum absolute atomic E-state index is 13.8. The van der Waals surface area contributed by atoms with Gasteiger partial charge >= 0.3 is 5.97 Å².